The van der Waals surface area contributed by atoms with E-state index in [-0.39, 0.29) is 0 Å². The lowest BCUT2D eigenvalue weighted by atomic mass is 9.83. The molecule has 2 aliphatic rings. The summed E-state index contributed by atoms with van der Waals surface area (Å²) < 4.78 is 2.05. The highest BCUT2D eigenvalue weighted by Crippen LogP contribution is 2.35. The van der Waals surface area contributed by atoms with Gasteiger partial charge >= 0.3 is 0 Å². The molecule has 0 radical (unpaired) electrons. The molecule has 1 N–H and O–H groups in total. The third kappa shape index (κ3) is 1.34. The molecule has 1 aliphatic carbocycles. The van der Waals surface area contributed by atoms with Crippen molar-refractivity contribution in [3.8, 4) is 0 Å². The topological polar surface area (TPSA) is 42.7 Å². The summed E-state index contributed by atoms with van der Waals surface area (Å²) >= 11 is 0. The molecular formula is C10H16N4. The van der Waals surface area contributed by atoms with Gasteiger partial charge in [-0.3, -0.25) is 0 Å². The molecule has 1 aliphatic heterocycles. The van der Waals surface area contributed by atoms with Gasteiger partial charge in [-0.05, 0) is 25.8 Å². The Kier molecular flexibility index (Phi) is 2.01. The Labute approximate surface area is 83.7 Å². The number of hydrogen-bond donors (Lipinski definition) is 1. The van der Waals surface area contributed by atoms with E-state index in [2.05, 4.69) is 21.8 Å². The lowest BCUT2D eigenvalue weighted by Crippen LogP contribution is -2.14. The van der Waals surface area contributed by atoms with E-state index in [9.17, 15) is 0 Å². The van der Waals surface area contributed by atoms with Crippen LogP contribution < -0.4 is 5.32 Å². The minimum Gasteiger partial charge on any atom is -0.315 e. The van der Waals surface area contributed by atoms with Gasteiger partial charge in [-0.15, -0.1) is 5.10 Å². The summed E-state index contributed by atoms with van der Waals surface area (Å²) in [5.41, 5.74) is 1.21. The molecule has 4 nitrogen and oxygen atoms in total. The van der Waals surface area contributed by atoms with Gasteiger partial charge in [0.2, 0.25) is 0 Å². The number of nitrogens with zero attached hydrogens (tertiary/aromatic N) is 3. The van der Waals surface area contributed by atoms with E-state index in [4.69, 9.17) is 0 Å². The third-order valence-electron chi connectivity index (χ3n) is 3.46. The minimum absolute atomic E-state index is 0.538. The first-order valence-corrected chi connectivity index (χ1v) is 5.56. The van der Waals surface area contributed by atoms with Gasteiger partial charge in [0.15, 0.2) is 0 Å². The Balaban J connectivity index is 1.75. The van der Waals surface area contributed by atoms with E-state index in [0.29, 0.717) is 12.0 Å². The Morgan fingerprint density at radius 1 is 1.36 bits per heavy atom. The van der Waals surface area contributed by atoms with E-state index >= 15 is 0 Å². The fraction of sp³-hybridized carbons (Fsp3) is 0.800. The zero-order valence-corrected chi connectivity index (χ0v) is 8.32. The number of rotatable bonds is 2. The first-order chi connectivity index (χ1) is 6.93. The molecule has 0 bridgehead atoms. The van der Waals surface area contributed by atoms with Gasteiger partial charge in [0.1, 0.15) is 0 Å². The highest BCUT2D eigenvalue weighted by Gasteiger charge is 2.24. The fourth-order valence-corrected chi connectivity index (χ4v) is 2.23. The van der Waals surface area contributed by atoms with Gasteiger partial charge in [-0.2, -0.15) is 0 Å². The molecule has 0 amide bonds. The lowest BCUT2D eigenvalue weighted by molar-refractivity contribution is 0.410. The van der Waals surface area contributed by atoms with Crippen molar-refractivity contribution in [1.82, 2.24) is 20.3 Å². The SMILES string of the molecule is c1c(C2CCC2)nnn1C1CCNC1. The Morgan fingerprint density at radius 2 is 2.29 bits per heavy atom. The number of hydrogen-bond acceptors (Lipinski definition) is 3. The zero-order chi connectivity index (χ0) is 9.38. The van der Waals surface area contributed by atoms with Crippen LogP contribution in [0.5, 0.6) is 0 Å². The van der Waals surface area contributed by atoms with Crippen LogP contribution in [0.25, 0.3) is 0 Å². The van der Waals surface area contributed by atoms with Crippen molar-refractivity contribution in [2.24, 2.45) is 0 Å². The van der Waals surface area contributed by atoms with Gasteiger partial charge in [-0.25, -0.2) is 4.68 Å². The van der Waals surface area contributed by atoms with Crippen molar-refractivity contribution in [2.45, 2.75) is 37.6 Å². The maximum absolute atomic E-state index is 4.27. The van der Waals surface area contributed by atoms with Gasteiger partial charge in [-0.1, -0.05) is 11.6 Å². The number of aromatic nitrogens is 3. The van der Waals surface area contributed by atoms with Gasteiger partial charge in [0.25, 0.3) is 0 Å². The zero-order valence-electron chi connectivity index (χ0n) is 8.32. The van der Waals surface area contributed by atoms with E-state index in [0.717, 1.165) is 13.1 Å². The van der Waals surface area contributed by atoms with Crippen molar-refractivity contribution >= 4 is 0 Å². The second-order valence-electron chi connectivity index (χ2n) is 4.40. The summed E-state index contributed by atoms with van der Waals surface area (Å²) in [7, 11) is 0. The molecule has 14 heavy (non-hydrogen) atoms. The minimum atomic E-state index is 0.538. The summed E-state index contributed by atoms with van der Waals surface area (Å²) in [6.07, 6.45) is 7.32. The molecule has 2 fully saturated rings. The summed E-state index contributed by atoms with van der Waals surface area (Å²) in [6.45, 7) is 2.16. The second-order valence-corrected chi connectivity index (χ2v) is 4.40. The Hall–Kier alpha value is -0.900. The third-order valence-corrected chi connectivity index (χ3v) is 3.46. The van der Waals surface area contributed by atoms with E-state index < -0.39 is 0 Å². The predicted molar refractivity (Wildman–Crippen MR) is 53.1 cm³/mol. The molecule has 1 aromatic rings. The lowest BCUT2D eigenvalue weighted by Gasteiger charge is -2.22. The molecule has 4 heteroatoms. The monoisotopic (exact) mass is 192 g/mol. The molecule has 1 atom stereocenters. The van der Waals surface area contributed by atoms with Crippen LogP contribution in [0.3, 0.4) is 0 Å². The highest BCUT2D eigenvalue weighted by atomic mass is 15.4. The van der Waals surface area contributed by atoms with Crippen LogP contribution in [-0.4, -0.2) is 28.1 Å². The van der Waals surface area contributed by atoms with Crippen LogP contribution in [0.2, 0.25) is 0 Å². The molecule has 0 aromatic carbocycles. The van der Waals surface area contributed by atoms with Crippen molar-refractivity contribution in [3.05, 3.63) is 11.9 Å². The molecule has 2 heterocycles. The maximum atomic E-state index is 4.27. The van der Waals surface area contributed by atoms with E-state index in [1.165, 1.54) is 31.4 Å². The van der Waals surface area contributed by atoms with Crippen molar-refractivity contribution in [1.29, 1.82) is 0 Å². The first kappa shape index (κ1) is 8.41. The van der Waals surface area contributed by atoms with Crippen molar-refractivity contribution in [3.63, 3.8) is 0 Å². The predicted octanol–water partition coefficient (Wildman–Crippen LogP) is 1.08. The molecule has 1 saturated carbocycles. The average Bonchev–Trinajstić information content (AvgIpc) is 2.65. The van der Waals surface area contributed by atoms with E-state index in [1.54, 1.807) is 0 Å². The molecule has 3 rings (SSSR count). The maximum Gasteiger partial charge on any atom is 0.0858 e. The van der Waals surface area contributed by atoms with Crippen LogP contribution in [-0.2, 0) is 0 Å². The summed E-state index contributed by atoms with van der Waals surface area (Å²) in [5, 5.41) is 11.8. The smallest absolute Gasteiger partial charge is 0.0858 e. The Bertz CT molecular complexity index is 310. The molecule has 76 valence electrons. The fourth-order valence-electron chi connectivity index (χ4n) is 2.23. The summed E-state index contributed by atoms with van der Waals surface area (Å²) in [5.74, 6) is 0.707. The van der Waals surface area contributed by atoms with Crippen molar-refractivity contribution in [2.75, 3.05) is 13.1 Å². The first-order valence-electron chi connectivity index (χ1n) is 5.56. The van der Waals surface area contributed by atoms with Gasteiger partial charge in [0, 0.05) is 18.7 Å². The molecular weight excluding hydrogens is 176 g/mol. The molecule has 1 saturated heterocycles. The summed E-state index contributed by atoms with van der Waals surface area (Å²) in [6, 6.07) is 0.538. The molecule has 0 spiro atoms. The Morgan fingerprint density at radius 3 is 2.93 bits per heavy atom. The molecule has 1 aromatic heterocycles. The van der Waals surface area contributed by atoms with Gasteiger partial charge in [0.05, 0.1) is 11.7 Å². The largest absolute Gasteiger partial charge is 0.315 e. The number of nitrogens with one attached hydrogen (secondary N) is 1. The van der Waals surface area contributed by atoms with Crippen LogP contribution in [0.4, 0.5) is 0 Å². The van der Waals surface area contributed by atoms with Crippen LogP contribution in [0.15, 0.2) is 6.20 Å². The summed E-state index contributed by atoms with van der Waals surface area (Å²) in [4.78, 5) is 0. The van der Waals surface area contributed by atoms with Gasteiger partial charge < -0.3 is 5.32 Å². The highest BCUT2D eigenvalue weighted by molar-refractivity contribution is 5.06. The molecule has 1 unspecified atom stereocenters. The normalized spacial score (nSPS) is 27.9. The van der Waals surface area contributed by atoms with Crippen LogP contribution in [0, 0.1) is 0 Å². The quantitative estimate of drug-likeness (QED) is 0.762. The van der Waals surface area contributed by atoms with E-state index in [1.807, 2.05) is 4.68 Å². The second kappa shape index (κ2) is 3.35. The van der Waals surface area contributed by atoms with Crippen molar-refractivity contribution < 1.29 is 0 Å². The standard InChI is InChI=1S/C10H16N4/c1-2-8(3-1)10-7-14(13-12-10)9-4-5-11-6-9/h7-9,11H,1-6H2. The van der Waals surface area contributed by atoms with Crippen LogP contribution >= 0.6 is 0 Å². The average molecular weight is 192 g/mol. The van der Waals surface area contributed by atoms with Crippen LogP contribution in [0.1, 0.15) is 43.3 Å².